The molecule has 0 nitrogen and oxygen atoms in total. The third-order valence-corrected chi connectivity index (χ3v) is 3.37. The molecule has 1 aliphatic rings. The van der Waals surface area contributed by atoms with Gasteiger partial charge in [-0.25, -0.2) is 8.78 Å². The standard InChI is InChI=1S/C13H16F2/c1-13(2)6-4-3-5-9-7-11(14)12(15)8-10(9)13/h7-8H,3-6H2,1-2H3. The molecule has 1 aromatic carbocycles. The predicted molar refractivity (Wildman–Crippen MR) is 56.9 cm³/mol. The minimum absolute atomic E-state index is 0.0274. The Labute approximate surface area is 89.3 Å². The molecule has 1 aliphatic carbocycles. The predicted octanol–water partition coefficient (Wildman–Crippen LogP) is 3.97. The highest BCUT2D eigenvalue weighted by atomic mass is 19.2. The first kappa shape index (κ1) is 10.6. The van der Waals surface area contributed by atoms with E-state index in [0.29, 0.717) is 0 Å². The van der Waals surface area contributed by atoms with Crippen LogP contribution >= 0.6 is 0 Å². The molecule has 2 rings (SSSR count). The number of rotatable bonds is 0. The smallest absolute Gasteiger partial charge is 0.159 e. The van der Waals surface area contributed by atoms with Crippen molar-refractivity contribution in [3.05, 3.63) is 34.9 Å². The Bertz CT molecular complexity index is 380. The molecular formula is C13H16F2. The molecule has 0 spiro atoms. The first-order valence-electron chi connectivity index (χ1n) is 5.49. The van der Waals surface area contributed by atoms with E-state index in [1.165, 1.54) is 12.1 Å². The van der Waals surface area contributed by atoms with Gasteiger partial charge in [0.2, 0.25) is 0 Å². The topological polar surface area (TPSA) is 0 Å². The summed E-state index contributed by atoms with van der Waals surface area (Å²) >= 11 is 0. The van der Waals surface area contributed by atoms with Gasteiger partial charge in [-0.2, -0.15) is 0 Å². The zero-order valence-corrected chi connectivity index (χ0v) is 9.24. The van der Waals surface area contributed by atoms with Crippen LogP contribution in [-0.4, -0.2) is 0 Å². The molecule has 0 atom stereocenters. The summed E-state index contributed by atoms with van der Waals surface area (Å²) in [7, 11) is 0. The van der Waals surface area contributed by atoms with Gasteiger partial charge in [-0.05, 0) is 47.9 Å². The van der Waals surface area contributed by atoms with Crippen molar-refractivity contribution in [2.24, 2.45) is 0 Å². The lowest BCUT2D eigenvalue weighted by molar-refractivity contribution is 0.458. The van der Waals surface area contributed by atoms with Gasteiger partial charge >= 0.3 is 0 Å². The lowest BCUT2D eigenvalue weighted by atomic mass is 9.80. The van der Waals surface area contributed by atoms with Gasteiger partial charge in [-0.3, -0.25) is 0 Å². The van der Waals surface area contributed by atoms with Crippen LogP contribution in [-0.2, 0) is 11.8 Å². The molecule has 0 aromatic heterocycles. The number of fused-ring (bicyclic) bond motifs is 1. The molecule has 0 heterocycles. The van der Waals surface area contributed by atoms with Crippen LogP contribution in [0.25, 0.3) is 0 Å². The fourth-order valence-corrected chi connectivity index (χ4v) is 2.44. The van der Waals surface area contributed by atoms with Gasteiger partial charge in [-0.1, -0.05) is 20.3 Å². The van der Waals surface area contributed by atoms with Crippen molar-refractivity contribution in [3.63, 3.8) is 0 Å². The Morgan fingerprint density at radius 3 is 2.47 bits per heavy atom. The number of hydrogen-bond donors (Lipinski definition) is 0. The quantitative estimate of drug-likeness (QED) is 0.568. The van der Waals surface area contributed by atoms with E-state index in [-0.39, 0.29) is 5.41 Å². The van der Waals surface area contributed by atoms with Crippen molar-refractivity contribution < 1.29 is 8.78 Å². The van der Waals surface area contributed by atoms with Gasteiger partial charge in [-0.15, -0.1) is 0 Å². The van der Waals surface area contributed by atoms with Gasteiger partial charge in [0.1, 0.15) is 0 Å². The van der Waals surface area contributed by atoms with E-state index < -0.39 is 11.6 Å². The average molecular weight is 210 g/mol. The summed E-state index contributed by atoms with van der Waals surface area (Å²) in [5.41, 5.74) is 1.94. The molecule has 0 unspecified atom stereocenters. The van der Waals surface area contributed by atoms with Gasteiger partial charge in [0.15, 0.2) is 11.6 Å². The lowest BCUT2D eigenvalue weighted by Crippen LogP contribution is -2.18. The minimum Gasteiger partial charge on any atom is -0.204 e. The van der Waals surface area contributed by atoms with E-state index in [1.807, 2.05) is 0 Å². The van der Waals surface area contributed by atoms with Gasteiger partial charge in [0.25, 0.3) is 0 Å². The maximum Gasteiger partial charge on any atom is 0.159 e. The first-order valence-corrected chi connectivity index (χ1v) is 5.49. The molecule has 0 radical (unpaired) electrons. The average Bonchev–Trinajstić information content (AvgIpc) is 2.29. The van der Waals surface area contributed by atoms with Gasteiger partial charge in [0.05, 0.1) is 0 Å². The molecule has 0 amide bonds. The molecule has 0 saturated carbocycles. The zero-order valence-electron chi connectivity index (χ0n) is 9.24. The van der Waals surface area contributed by atoms with Crippen molar-refractivity contribution in [2.75, 3.05) is 0 Å². The summed E-state index contributed by atoms with van der Waals surface area (Å²) in [4.78, 5) is 0. The highest BCUT2D eigenvalue weighted by Gasteiger charge is 2.27. The zero-order chi connectivity index (χ0) is 11.1. The second kappa shape index (κ2) is 3.58. The number of halogens is 2. The summed E-state index contributed by atoms with van der Waals surface area (Å²) < 4.78 is 26.3. The minimum atomic E-state index is -0.719. The monoisotopic (exact) mass is 210 g/mol. The Hall–Kier alpha value is -0.920. The van der Waals surface area contributed by atoms with E-state index in [4.69, 9.17) is 0 Å². The summed E-state index contributed by atoms with van der Waals surface area (Å²) in [6.45, 7) is 4.21. The fourth-order valence-electron chi connectivity index (χ4n) is 2.44. The number of benzene rings is 1. The van der Waals surface area contributed by atoms with Crippen molar-refractivity contribution in [1.82, 2.24) is 0 Å². The van der Waals surface area contributed by atoms with Crippen molar-refractivity contribution >= 4 is 0 Å². The van der Waals surface area contributed by atoms with Crippen LogP contribution in [0.1, 0.15) is 44.2 Å². The Morgan fingerprint density at radius 1 is 1.07 bits per heavy atom. The molecule has 0 fully saturated rings. The van der Waals surface area contributed by atoms with E-state index in [0.717, 1.165) is 36.8 Å². The second-order valence-corrected chi connectivity index (χ2v) is 5.01. The summed E-state index contributed by atoms with van der Waals surface area (Å²) in [6, 6.07) is 2.76. The SMILES string of the molecule is CC1(C)CCCCc2cc(F)c(F)cc21. The van der Waals surface area contributed by atoms with Gasteiger partial charge in [0, 0.05) is 0 Å². The highest BCUT2D eigenvalue weighted by molar-refractivity contribution is 5.35. The van der Waals surface area contributed by atoms with Crippen LogP contribution in [0.2, 0.25) is 0 Å². The Balaban J connectivity index is 2.57. The maximum absolute atomic E-state index is 13.2. The molecule has 0 N–H and O–H groups in total. The fraction of sp³-hybridized carbons (Fsp3) is 0.538. The lowest BCUT2D eigenvalue weighted by Gasteiger charge is -2.25. The van der Waals surface area contributed by atoms with Crippen LogP contribution in [0, 0.1) is 11.6 Å². The van der Waals surface area contributed by atoms with E-state index >= 15 is 0 Å². The van der Waals surface area contributed by atoms with Crippen molar-refractivity contribution in [3.8, 4) is 0 Å². The summed E-state index contributed by atoms with van der Waals surface area (Å²) in [6.07, 6.45) is 4.12. The molecular weight excluding hydrogens is 194 g/mol. The first-order chi connectivity index (χ1) is 7.00. The molecule has 0 bridgehead atoms. The highest BCUT2D eigenvalue weighted by Crippen LogP contribution is 2.36. The van der Waals surface area contributed by atoms with Crippen LogP contribution in [0.15, 0.2) is 12.1 Å². The largest absolute Gasteiger partial charge is 0.204 e. The molecule has 15 heavy (non-hydrogen) atoms. The van der Waals surface area contributed by atoms with Gasteiger partial charge < -0.3 is 0 Å². The third kappa shape index (κ3) is 1.90. The summed E-state index contributed by atoms with van der Waals surface area (Å²) in [5, 5.41) is 0. The molecule has 0 aliphatic heterocycles. The van der Waals surface area contributed by atoms with Crippen molar-refractivity contribution in [2.45, 2.75) is 44.9 Å². The Kier molecular flexibility index (Phi) is 2.53. The third-order valence-electron chi connectivity index (χ3n) is 3.37. The van der Waals surface area contributed by atoms with Crippen LogP contribution in [0.4, 0.5) is 8.78 Å². The Morgan fingerprint density at radius 2 is 1.73 bits per heavy atom. The molecule has 0 saturated heterocycles. The molecule has 2 heteroatoms. The second-order valence-electron chi connectivity index (χ2n) is 5.01. The van der Waals surface area contributed by atoms with E-state index in [9.17, 15) is 8.78 Å². The van der Waals surface area contributed by atoms with E-state index in [2.05, 4.69) is 13.8 Å². The van der Waals surface area contributed by atoms with Crippen molar-refractivity contribution in [1.29, 1.82) is 0 Å². The number of hydrogen-bond acceptors (Lipinski definition) is 0. The van der Waals surface area contributed by atoms with Crippen LogP contribution in [0.5, 0.6) is 0 Å². The van der Waals surface area contributed by atoms with Crippen LogP contribution < -0.4 is 0 Å². The number of aryl methyl sites for hydroxylation is 1. The maximum atomic E-state index is 13.2. The summed E-state index contributed by atoms with van der Waals surface area (Å²) in [5.74, 6) is -1.44. The normalized spacial score (nSPS) is 19.5. The van der Waals surface area contributed by atoms with E-state index in [1.54, 1.807) is 0 Å². The molecule has 82 valence electrons. The van der Waals surface area contributed by atoms with Crippen LogP contribution in [0.3, 0.4) is 0 Å². The molecule has 1 aromatic rings.